The van der Waals surface area contributed by atoms with E-state index in [1.807, 2.05) is 13.8 Å². The summed E-state index contributed by atoms with van der Waals surface area (Å²) in [4.78, 5) is 11.4. The van der Waals surface area contributed by atoms with Gasteiger partial charge in [0.25, 0.3) is 0 Å². The molecule has 0 aromatic heterocycles. The van der Waals surface area contributed by atoms with Crippen molar-refractivity contribution in [1.29, 1.82) is 0 Å². The Morgan fingerprint density at radius 1 is 1.27 bits per heavy atom. The third-order valence-corrected chi connectivity index (χ3v) is 2.97. The largest absolute Gasteiger partial charge is 0.364 e. The van der Waals surface area contributed by atoms with Gasteiger partial charge in [0, 0.05) is 13.0 Å². The fraction of sp³-hybridized carbons (Fsp3) is 0.889. The van der Waals surface area contributed by atoms with Crippen LogP contribution in [0.1, 0.15) is 27.7 Å². The van der Waals surface area contributed by atoms with Gasteiger partial charge < -0.3 is 0 Å². The van der Waals surface area contributed by atoms with Crippen LogP contribution in [-0.4, -0.2) is 32.3 Å². The lowest BCUT2D eigenvalue weighted by Crippen LogP contribution is -2.37. The van der Waals surface area contributed by atoms with Crippen LogP contribution in [0.15, 0.2) is 0 Å². The molecule has 15 heavy (non-hydrogen) atoms. The molecule has 0 fully saturated rings. The zero-order chi connectivity index (χ0) is 12.2. The molecule has 0 unspecified atom stereocenters. The van der Waals surface area contributed by atoms with Crippen molar-refractivity contribution in [2.75, 3.05) is 13.7 Å². The Morgan fingerprint density at radius 3 is 2.07 bits per heavy atom. The summed E-state index contributed by atoms with van der Waals surface area (Å²) in [5.41, 5.74) is 0. The normalized spacial score (nSPS) is 12.2. The standard InChI is InChI=1S/C9H19NO4S/c1-7(2)6-14-15(12,13)10(5)9(11)8(3)4/h7-8H,6H2,1-5H3. The molecular weight excluding hydrogens is 218 g/mol. The molecule has 0 aromatic carbocycles. The van der Waals surface area contributed by atoms with E-state index in [1.54, 1.807) is 13.8 Å². The molecule has 0 aliphatic carbocycles. The Balaban J connectivity index is 4.53. The van der Waals surface area contributed by atoms with Crippen LogP contribution < -0.4 is 0 Å². The van der Waals surface area contributed by atoms with Gasteiger partial charge in [-0.05, 0) is 5.92 Å². The van der Waals surface area contributed by atoms with Crippen LogP contribution in [0.25, 0.3) is 0 Å². The summed E-state index contributed by atoms with van der Waals surface area (Å²) in [6.45, 7) is 7.02. The summed E-state index contributed by atoms with van der Waals surface area (Å²) in [5.74, 6) is -0.742. The number of hydrogen-bond acceptors (Lipinski definition) is 4. The summed E-state index contributed by atoms with van der Waals surface area (Å²) in [7, 11) is -2.71. The first-order valence-electron chi connectivity index (χ1n) is 4.85. The molecule has 0 heterocycles. The molecule has 0 rings (SSSR count). The van der Waals surface area contributed by atoms with Crippen LogP contribution in [0.2, 0.25) is 0 Å². The number of amides is 1. The van der Waals surface area contributed by atoms with Gasteiger partial charge in [0.2, 0.25) is 5.91 Å². The quantitative estimate of drug-likeness (QED) is 0.716. The smallest absolute Gasteiger partial charge is 0.273 e. The van der Waals surface area contributed by atoms with E-state index in [0.717, 1.165) is 0 Å². The fourth-order valence-corrected chi connectivity index (χ4v) is 1.81. The molecule has 5 nitrogen and oxygen atoms in total. The Labute approximate surface area is 91.7 Å². The van der Waals surface area contributed by atoms with E-state index in [1.165, 1.54) is 7.05 Å². The minimum Gasteiger partial charge on any atom is -0.273 e. The zero-order valence-corrected chi connectivity index (χ0v) is 10.7. The maximum absolute atomic E-state index is 11.5. The average Bonchev–Trinajstić information content (AvgIpc) is 2.12. The lowest BCUT2D eigenvalue weighted by molar-refractivity contribution is -0.129. The van der Waals surface area contributed by atoms with E-state index >= 15 is 0 Å². The first kappa shape index (κ1) is 14.4. The van der Waals surface area contributed by atoms with E-state index in [-0.39, 0.29) is 18.4 Å². The Hall–Kier alpha value is -0.620. The SMILES string of the molecule is CC(C)COS(=O)(=O)N(C)C(=O)C(C)C. The molecular formula is C9H19NO4S. The van der Waals surface area contributed by atoms with Crippen molar-refractivity contribution in [1.82, 2.24) is 4.31 Å². The molecule has 0 aromatic rings. The maximum Gasteiger partial charge on any atom is 0.364 e. The second-order valence-electron chi connectivity index (χ2n) is 4.10. The monoisotopic (exact) mass is 237 g/mol. The van der Waals surface area contributed by atoms with E-state index in [9.17, 15) is 13.2 Å². The zero-order valence-electron chi connectivity index (χ0n) is 9.85. The Bertz CT molecular complexity index is 308. The number of rotatable bonds is 5. The second kappa shape index (κ2) is 5.46. The van der Waals surface area contributed by atoms with Gasteiger partial charge >= 0.3 is 10.3 Å². The first-order valence-corrected chi connectivity index (χ1v) is 6.22. The minimum atomic E-state index is -3.92. The van der Waals surface area contributed by atoms with E-state index < -0.39 is 16.2 Å². The van der Waals surface area contributed by atoms with Gasteiger partial charge in [-0.2, -0.15) is 8.42 Å². The molecule has 0 radical (unpaired) electrons. The summed E-state index contributed by atoms with van der Waals surface area (Å²) < 4.78 is 28.3. The number of hydrogen-bond donors (Lipinski definition) is 0. The predicted octanol–water partition coefficient (Wildman–Crippen LogP) is 1.02. The number of nitrogens with zero attached hydrogens (tertiary/aromatic N) is 1. The summed E-state index contributed by atoms with van der Waals surface area (Å²) in [6.07, 6.45) is 0. The molecule has 0 saturated carbocycles. The summed E-state index contributed by atoms with van der Waals surface area (Å²) in [5, 5.41) is 0. The topological polar surface area (TPSA) is 63.7 Å². The summed E-state index contributed by atoms with van der Waals surface area (Å²) in [6, 6.07) is 0. The van der Waals surface area contributed by atoms with Gasteiger partial charge in [-0.15, -0.1) is 0 Å². The van der Waals surface area contributed by atoms with Crippen LogP contribution in [-0.2, 0) is 19.3 Å². The number of carbonyl (C=O) groups excluding carboxylic acids is 1. The van der Waals surface area contributed by atoms with Crippen LogP contribution in [0, 0.1) is 11.8 Å². The molecule has 0 saturated heterocycles. The fourth-order valence-electron chi connectivity index (χ4n) is 0.775. The molecule has 0 aliphatic heterocycles. The molecule has 0 atom stereocenters. The van der Waals surface area contributed by atoms with Crippen molar-refractivity contribution >= 4 is 16.2 Å². The molecule has 1 amide bonds. The molecule has 0 aliphatic rings. The van der Waals surface area contributed by atoms with Crippen molar-refractivity contribution in [2.45, 2.75) is 27.7 Å². The first-order chi connectivity index (χ1) is 6.68. The highest BCUT2D eigenvalue weighted by Gasteiger charge is 2.26. The highest BCUT2D eigenvalue weighted by Crippen LogP contribution is 2.08. The lowest BCUT2D eigenvalue weighted by atomic mass is 10.2. The van der Waals surface area contributed by atoms with Gasteiger partial charge in [-0.25, -0.2) is 4.31 Å². The number of carbonyl (C=O) groups is 1. The molecule has 90 valence electrons. The van der Waals surface area contributed by atoms with Crippen LogP contribution in [0.3, 0.4) is 0 Å². The molecule has 6 heteroatoms. The molecule has 0 N–H and O–H groups in total. The van der Waals surface area contributed by atoms with Crippen molar-refractivity contribution in [2.24, 2.45) is 11.8 Å². The summed E-state index contributed by atoms with van der Waals surface area (Å²) >= 11 is 0. The Morgan fingerprint density at radius 2 is 1.73 bits per heavy atom. The maximum atomic E-state index is 11.5. The van der Waals surface area contributed by atoms with Gasteiger partial charge in [0.15, 0.2) is 0 Å². The van der Waals surface area contributed by atoms with Crippen LogP contribution >= 0.6 is 0 Å². The molecule has 0 spiro atoms. The van der Waals surface area contributed by atoms with Crippen LogP contribution in [0.4, 0.5) is 0 Å². The minimum absolute atomic E-state index is 0.0814. The third-order valence-electron chi connectivity index (χ3n) is 1.69. The van der Waals surface area contributed by atoms with E-state index in [4.69, 9.17) is 4.18 Å². The third kappa shape index (κ3) is 4.61. The highest BCUT2D eigenvalue weighted by molar-refractivity contribution is 7.84. The van der Waals surface area contributed by atoms with Crippen molar-refractivity contribution < 1.29 is 17.4 Å². The van der Waals surface area contributed by atoms with Gasteiger partial charge in [-0.3, -0.25) is 8.98 Å². The predicted molar refractivity (Wildman–Crippen MR) is 57.3 cm³/mol. The van der Waals surface area contributed by atoms with Crippen molar-refractivity contribution in [3.05, 3.63) is 0 Å². The molecule has 0 bridgehead atoms. The lowest BCUT2D eigenvalue weighted by Gasteiger charge is -2.19. The van der Waals surface area contributed by atoms with E-state index in [2.05, 4.69) is 0 Å². The van der Waals surface area contributed by atoms with Crippen molar-refractivity contribution in [3.63, 3.8) is 0 Å². The van der Waals surface area contributed by atoms with Crippen molar-refractivity contribution in [3.8, 4) is 0 Å². The van der Waals surface area contributed by atoms with Gasteiger partial charge in [0.05, 0.1) is 6.61 Å². The average molecular weight is 237 g/mol. The Kier molecular flexibility index (Phi) is 5.23. The van der Waals surface area contributed by atoms with E-state index in [0.29, 0.717) is 4.31 Å². The second-order valence-corrected chi connectivity index (χ2v) is 5.74. The van der Waals surface area contributed by atoms with Gasteiger partial charge in [0.1, 0.15) is 0 Å². The van der Waals surface area contributed by atoms with Crippen LogP contribution in [0.5, 0.6) is 0 Å². The van der Waals surface area contributed by atoms with Gasteiger partial charge in [-0.1, -0.05) is 27.7 Å². The highest BCUT2D eigenvalue weighted by atomic mass is 32.2.